The molecule has 1 aliphatic carbocycles. The zero-order valence-electron chi connectivity index (χ0n) is 17.7. The van der Waals surface area contributed by atoms with Crippen molar-refractivity contribution in [2.24, 2.45) is 13.0 Å². The van der Waals surface area contributed by atoms with E-state index in [-0.39, 0.29) is 24.3 Å². The number of fused-ring (bicyclic) bond motifs is 2. The fourth-order valence-corrected chi connectivity index (χ4v) is 4.90. The van der Waals surface area contributed by atoms with Crippen molar-refractivity contribution in [3.8, 4) is 11.1 Å². The van der Waals surface area contributed by atoms with Gasteiger partial charge in [0.1, 0.15) is 5.52 Å². The lowest BCUT2D eigenvalue weighted by Gasteiger charge is -2.35. The standard InChI is InChI=1S/C24H25F2N3O2/c1-23(2,31)19-8-15(18-13-28(3)21-16(18)4-6-27-22(21)30)9-20-17(19)5-7-29(20)12-14-10-24(25,26)11-14/h4-9,13-14,31H,10-12H2,1-3H3,(H,27,30). The number of alkyl halides is 2. The number of aliphatic hydroxyl groups is 1. The molecule has 5 rings (SSSR count). The van der Waals surface area contributed by atoms with Gasteiger partial charge in [0, 0.05) is 66.9 Å². The van der Waals surface area contributed by atoms with Crippen LogP contribution < -0.4 is 5.56 Å². The van der Waals surface area contributed by atoms with Crippen molar-refractivity contribution in [1.29, 1.82) is 0 Å². The summed E-state index contributed by atoms with van der Waals surface area (Å²) >= 11 is 0. The lowest BCUT2D eigenvalue weighted by molar-refractivity contribution is -0.113. The molecule has 4 aromatic rings. The number of H-pyrrole nitrogens is 1. The van der Waals surface area contributed by atoms with Crippen LogP contribution in [-0.4, -0.2) is 25.1 Å². The summed E-state index contributed by atoms with van der Waals surface area (Å²) in [6.45, 7) is 4.00. The first-order valence-electron chi connectivity index (χ1n) is 10.4. The number of aromatic amines is 1. The quantitative estimate of drug-likeness (QED) is 0.495. The monoisotopic (exact) mass is 425 g/mol. The van der Waals surface area contributed by atoms with Gasteiger partial charge in [-0.1, -0.05) is 0 Å². The molecule has 3 aromatic heterocycles. The van der Waals surface area contributed by atoms with E-state index in [0.29, 0.717) is 12.1 Å². The minimum atomic E-state index is -2.55. The molecular formula is C24H25F2N3O2. The van der Waals surface area contributed by atoms with E-state index in [1.165, 1.54) is 0 Å². The maximum Gasteiger partial charge on any atom is 0.272 e. The van der Waals surface area contributed by atoms with Gasteiger partial charge in [0.05, 0.1) is 5.60 Å². The van der Waals surface area contributed by atoms with Crippen LogP contribution in [0.2, 0.25) is 0 Å². The smallest absolute Gasteiger partial charge is 0.272 e. The molecule has 0 atom stereocenters. The highest BCUT2D eigenvalue weighted by Gasteiger charge is 2.45. The molecule has 1 aromatic carbocycles. The Hall–Kier alpha value is -2.93. The fourth-order valence-electron chi connectivity index (χ4n) is 4.90. The molecule has 1 saturated carbocycles. The van der Waals surface area contributed by atoms with Gasteiger partial charge < -0.3 is 19.2 Å². The largest absolute Gasteiger partial charge is 0.386 e. The molecule has 2 N–H and O–H groups in total. The van der Waals surface area contributed by atoms with E-state index in [2.05, 4.69) is 4.98 Å². The molecule has 0 aliphatic heterocycles. The second kappa shape index (κ2) is 6.53. The maximum absolute atomic E-state index is 13.3. The molecular weight excluding hydrogens is 400 g/mol. The third kappa shape index (κ3) is 3.28. The predicted octanol–water partition coefficient (Wildman–Crippen LogP) is 4.76. The number of nitrogens with one attached hydrogen (secondary N) is 1. The SMILES string of the molecule is Cn1cc(-c2cc(C(C)(C)O)c3ccn(CC4CC(F)(F)C4)c3c2)c2cc[nH]c(=O)c21. The van der Waals surface area contributed by atoms with E-state index in [1.54, 1.807) is 24.6 Å². The molecule has 162 valence electrons. The molecule has 0 bridgehead atoms. The molecule has 1 fully saturated rings. The number of benzene rings is 1. The Labute approximate surface area is 177 Å². The first-order chi connectivity index (χ1) is 14.5. The second-order valence-corrected chi connectivity index (χ2v) is 9.34. The first kappa shape index (κ1) is 20.0. The second-order valence-electron chi connectivity index (χ2n) is 9.34. The molecule has 0 amide bonds. The van der Waals surface area contributed by atoms with Crippen molar-refractivity contribution >= 4 is 21.8 Å². The summed E-state index contributed by atoms with van der Waals surface area (Å²) in [5.41, 5.74) is 2.75. The summed E-state index contributed by atoms with van der Waals surface area (Å²) in [6, 6.07) is 7.80. The number of nitrogens with zero attached hydrogens (tertiary/aromatic N) is 2. The van der Waals surface area contributed by atoms with Gasteiger partial charge in [0.15, 0.2) is 0 Å². The number of rotatable bonds is 4. The predicted molar refractivity (Wildman–Crippen MR) is 117 cm³/mol. The number of aryl methyl sites for hydroxylation is 1. The van der Waals surface area contributed by atoms with Crippen molar-refractivity contribution in [2.45, 2.75) is 44.8 Å². The lowest BCUT2D eigenvalue weighted by atomic mass is 9.81. The van der Waals surface area contributed by atoms with Crippen molar-refractivity contribution in [2.75, 3.05) is 0 Å². The number of halogens is 2. The van der Waals surface area contributed by atoms with E-state index in [0.717, 1.165) is 33.0 Å². The molecule has 0 spiro atoms. The first-order valence-corrected chi connectivity index (χ1v) is 10.4. The molecule has 5 nitrogen and oxygen atoms in total. The molecule has 3 heterocycles. The Kier molecular flexibility index (Phi) is 4.21. The van der Waals surface area contributed by atoms with Gasteiger partial charge in [-0.15, -0.1) is 0 Å². The molecule has 31 heavy (non-hydrogen) atoms. The van der Waals surface area contributed by atoms with Crippen LogP contribution in [0.15, 0.2) is 47.7 Å². The van der Waals surface area contributed by atoms with Crippen LogP contribution in [0.4, 0.5) is 8.78 Å². The number of aromatic nitrogens is 3. The summed E-state index contributed by atoms with van der Waals surface area (Å²) in [4.78, 5) is 15.0. The molecule has 0 radical (unpaired) electrons. The Morgan fingerprint density at radius 1 is 1.23 bits per heavy atom. The lowest BCUT2D eigenvalue weighted by Crippen LogP contribution is -2.37. The maximum atomic E-state index is 13.3. The van der Waals surface area contributed by atoms with Crippen LogP contribution in [0.3, 0.4) is 0 Å². The Balaban J connectivity index is 1.70. The molecule has 0 saturated heterocycles. The summed E-state index contributed by atoms with van der Waals surface area (Å²) in [5.74, 6) is -2.61. The average Bonchev–Trinajstić information content (AvgIpc) is 3.21. The normalized spacial score (nSPS) is 16.8. The van der Waals surface area contributed by atoms with E-state index in [4.69, 9.17) is 0 Å². The van der Waals surface area contributed by atoms with Crippen LogP contribution >= 0.6 is 0 Å². The summed E-state index contributed by atoms with van der Waals surface area (Å²) in [5, 5.41) is 12.6. The Morgan fingerprint density at radius 2 is 1.97 bits per heavy atom. The van der Waals surface area contributed by atoms with Gasteiger partial charge >= 0.3 is 0 Å². The van der Waals surface area contributed by atoms with Crippen molar-refractivity contribution in [3.05, 3.63) is 58.8 Å². The number of hydrogen-bond donors (Lipinski definition) is 2. The van der Waals surface area contributed by atoms with Gasteiger partial charge in [0.25, 0.3) is 5.56 Å². The molecule has 7 heteroatoms. The highest BCUT2D eigenvalue weighted by molar-refractivity contribution is 5.99. The van der Waals surface area contributed by atoms with E-state index >= 15 is 0 Å². The summed E-state index contributed by atoms with van der Waals surface area (Å²) in [6.07, 6.45) is 5.28. The number of pyridine rings is 1. The van der Waals surface area contributed by atoms with Crippen LogP contribution in [0.1, 0.15) is 32.3 Å². The highest BCUT2D eigenvalue weighted by atomic mass is 19.3. The highest BCUT2D eigenvalue weighted by Crippen LogP contribution is 2.44. The minimum absolute atomic E-state index is 0.0593. The minimum Gasteiger partial charge on any atom is -0.386 e. The van der Waals surface area contributed by atoms with Crippen LogP contribution in [0.25, 0.3) is 32.9 Å². The number of hydrogen-bond acceptors (Lipinski definition) is 2. The van der Waals surface area contributed by atoms with E-state index < -0.39 is 11.5 Å². The zero-order chi connectivity index (χ0) is 22.1. The van der Waals surface area contributed by atoms with Gasteiger partial charge in [-0.2, -0.15) is 0 Å². The van der Waals surface area contributed by atoms with Crippen LogP contribution in [0, 0.1) is 5.92 Å². The Bertz CT molecular complexity index is 1360. The van der Waals surface area contributed by atoms with Crippen LogP contribution in [-0.2, 0) is 19.2 Å². The fraction of sp³-hybridized carbons (Fsp3) is 0.375. The third-order valence-electron chi connectivity index (χ3n) is 6.39. The van der Waals surface area contributed by atoms with E-state index in [1.807, 2.05) is 48.3 Å². The van der Waals surface area contributed by atoms with Crippen molar-refractivity contribution < 1.29 is 13.9 Å². The van der Waals surface area contributed by atoms with Gasteiger partial charge in [0.2, 0.25) is 5.92 Å². The molecule has 0 unspecified atom stereocenters. The van der Waals surface area contributed by atoms with Crippen LogP contribution in [0.5, 0.6) is 0 Å². The Morgan fingerprint density at radius 3 is 2.65 bits per heavy atom. The summed E-state index contributed by atoms with van der Waals surface area (Å²) < 4.78 is 30.5. The summed E-state index contributed by atoms with van der Waals surface area (Å²) in [7, 11) is 1.83. The van der Waals surface area contributed by atoms with Gasteiger partial charge in [-0.25, -0.2) is 8.78 Å². The van der Waals surface area contributed by atoms with Gasteiger partial charge in [-0.05, 0) is 55.2 Å². The van der Waals surface area contributed by atoms with Crippen molar-refractivity contribution in [1.82, 2.24) is 14.1 Å². The molecule has 1 aliphatic rings. The average molecular weight is 425 g/mol. The topological polar surface area (TPSA) is 62.9 Å². The van der Waals surface area contributed by atoms with Crippen molar-refractivity contribution in [3.63, 3.8) is 0 Å². The zero-order valence-corrected chi connectivity index (χ0v) is 17.7. The third-order valence-corrected chi connectivity index (χ3v) is 6.39. The van der Waals surface area contributed by atoms with E-state index in [9.17, 15) is 18.7 Å². The van der Waals surface area contributed by atoms with Gasteiger partial charge in [-0.3, -0.25) is 4.79 Å².